The van der Waals surface area contributed by atoms with Crippen LogP contribution in [0.3, 0.4) is 0 Å². The second kappa shape index (κ2) is 14.7. The first-order valence-electron chi connectivity index (χ1n) is 22.7. The fourth-order valence-electron chi connectivity index (χ4n) is 11.8. The summed E-state index contributed by atoms with van der Waals surface area (Å²) in [5.74, 6) is 0. The number of hydrogen-bond donors (Lipinski definition) is 0. The normalized spacial score (nSPS) is 13.8. The van der Waals surface area contributed by atoms with Gasteiger partial charge in [0.1, 0.15) is 0 Å². The van der Waals surface area contributed by atoms with Gasteiger partial charge in [0.2, 0.25) is 0 Å². The van der Waals surface area contributed by atoms with Gasteiger partial charge >= 0.3 is 0 Å². The molecule has 0 saturated carbocycles. The van der Waals surface area contributed by atoms with Crippen LogP contribution in [0.25, 0.3) is 43.8 Å². The van der Waals surface area contributed by atoms with Crippen molar-refractivity contribution in [2.24, 2.45) is 0 Å². The molecular formula is C64H43N. The molecule has 2 aliphatic carbocycles. The van der Waals surface area contributed by atoms with Crippen molar-refractivity contribution in [3.63, 3.8) is 0 Å². The van der Waals surface area contributed by atoms with E-state index in [1.54, 1.807) is 0 Å². The molecule has 11 aromatic rings. The van der Waals surface area contributed by atoms with Crippen LogP contribution in [-0.2, 0) is 10.8 Å². The van der Waals surface area contributed by atoms with Crippen LogP contribution in [-0.4, -0.2) is 0 Å². The smallest absolute Gasteiger partial charge is 0.0720 e. The van der Waals surface area contributed by atoms with Crippen LogP contribution in [0.5, 0.6) is 0 Å². The average Bonchev–Trinajstić information content (AvgIpc) is 3.68. The highest BCUT2D eigenvalue weighted by Crippen LogP contribution is 2.65. The van der Waals surface area contributed by atoms with E-state index in [1.807, 2.05) is 0 Å². The molecule has 304 valence electrons. The molecule has 0 heterocycles. The zero-order valence-electron chi connectivity index (χ0n) is 35.8. The summed E-state index contributed by atoms with van der Waals surface area (Å²) < 4.78 is 0. The molecule has 0 aromatic heterocycles. The quantitative estimate of drug-likeness (QED) is 0.151. The summed E-state index contributed by atoms with van der Waals surface area (Å²) in [6.45, 7) is 0. The van der Waals surface area contributed by atoms with Crippen molar-refractivity contribution in [2.45, 2.75) is 10.8 Å². The van der Waals surface area contributed by atoms with Crippen LogP contribution >= 0.6 is 0 Å². The number of para-hydroxylation sites is 2. The molecule has 0 atom stereocenters. The lowest BCUT2D eigenvalue weighted by molar-refractivity contribution is 0.623. The third-order valence-corrected chi connectivity index (χ3v) is 14.4. The predicted octanol–water partition coefficient (Wildman–Crippen LogP) is 16.2. The van der Waals surface area contributed by atoms with E-state index in [1.165, 1.54) is 88.3 Å². The number of benzene rings is 11. The minimum absolute atomic E-state index is 0.528. The zero-order valence-corrected chi connectivity index (χ0v) is 35.8. The van der Waals surface area contributed by atoms with E-state index in [2.05, 4.69) is 266 Å². The molecule has 0 unspecified atom stereocenters. The molecule has 0 amide bonds. The van der Waals surface area contributed by atoms with Gasteiger partial charge in [-0.2, -0.15) is 0 Å². The van der Waals surface area contributed by atoms with Gasteiger partial charge in [-0.1, -0.05) is 218 Å². The highest BCUT2D eigenvalue weighted by atomic mass is 15.1. The van der Waals surface area contributed by atoms with Crippen LogP contribution in [0, 0.1) is 0 Å². The molecule has 0 bridgehead atoms. The van der Waals surface area contributed by atoms with Crippen molar-refractivity contribution in [3.05, 3.63) is 305 Å². The summed E-state index contributed by atoms with van der Waals surface area (Å²) in [6.07, 6.45) is 0. The van der Waals surface area contributed by atoms with Crippen molar-refractivity contribution in [1.29, 1.82) is 0 Å². The first-order chi connectivity index (χ1) is 32.3. The molecule has 65 heavy (non-hydrogen) atoms. The minimum Gasteiger partial charge on any atom is -0.310 e. The third kappa shape index (κ3) is 5.33. The topological polar surface area (TPSA) is 3.24 Å². The van der Waals surface area contributed by atoms with E-state index >= 15 is 0 Å². The highest BCUT2D eigenvalue weighted by Gasteiger charge is 2.56. The van der Waals surface area contributed by atoms with E-state index in [-0.39, 0.29) is 0 Å². The van der Waals surface area contributed by atoms with Crippen molar-refractivity contribution in [1.82, 2.24) is 0 Å². The summed E-state index contributed by atoms with van der Waals surface area (Å²) in [5, 5.41) is 4.94. The molecule has 0 N–H and O–H groups in total. The molecule has 1 spiro atoms. The first kappa shape index (κ1) is 37.3. The average molecular weight is 826 g/mol. The largest absolute Gasteiger partial charge is 0.310 e. The van der Waals surface area contributed by atoms with Crippen LogP contribution in [0.1, 0.15) is 44.5 Å². The predicted molar refractivity (Wildman–Crippen MR) is 271 cm³/mol. The Morgan fingerprint density at radius 1 is 0.262 bits per heavy atom. The summed E-state index contributed by atoms with van der Waals surface area (Å²) in [6, 6.07) is 97.0. The molecule has 0 aliphatic heterocycles. The first-order valence-corrected chi connectivity index (χ1v) is 22.7. The zero-order chi connectivity index (χ0) is 43.0. The Morgan fingerprint density at radius 2 is 0.692 bits per heavy atom. The second-order valence-electron chi connectivity index (χ2n) is 17.5. The van der Waals surface area contributed by atoms with E-state index in [9.17, 15) is 0 Å². The Bertz CT molecular complexity index is 3460. The standard InChI is InChI=1S/C64H43N/c1-5-20-47(21-6-1)63(48-22-7-2-8-23-48)57-31-15-17-33-59(57)64(60-34-18-16-32-58(60)63)56-30-14-13-28-55(56)62-54(29-19-35-61(62)64)45-38-40-52-44(42-45)36-37-46-43-51(39-41-53(46)52)65(49-24-9-3-10-25-49)50-26-11-4-12-27-50/h1-43H. The van der Waals surface area contributed by atoms with E-state index in [0.717, 1.165) is 17.1 Å². The van der Waals surface area contributed by atoms with Gasteiger partial charge in [0.05, 0.1) is 10.8 Å². The number of rotatable bonds is 6. The van der Waals surface area contributed by atoms with Crippen LogP contribution in [0.4, 0.5) is 17.1 Å². The van der Waals surface area contributed by atoms with Gasteiger partial charge in [-0.15, -0.1) is 0 Å². The van der Waals surface area contributed by atoms with E-state index < -0.39 is 10.8 Å². The number of nitrogens with zero attached hydrogens (tertiary/aromatic N) is 1. The fourth-order valence-corrected chi connectivity index (χ4v) is 11.8. The molecule has 1 heteroatoms. The fraction of sp³-hybridized carbons (Fsp3) is 0.0312. The summed E-state index contributed by atoms with van der Waals surface area (Å²) in [7, 11) is 0. The molecule has 0 fully saturated rings. The van der Waals surface area contributed by atoms with Gasteiger partial charge in [0.25, 0.3) is 0 Å². The van der Waals surface area contributed by atoms with Gasteiger partial charge in [0, 0.05) is 17.1 Å². The van der Waals surface area contributed by atoms with Gasteiger partial charge in [-0.05, 0) is 131 Å². The van der Waals surface area contributed by atoms with E-state index in [0.29, 0.717) is 0 Å². The SMILES string of the molecule is c1ccc(N(c2ccccc2)c2ccc3c(ccc4cc(-c5cccc6c5-c5ccccc5C65c6ccccc6C(c6ccccc6)(c6ccccc6)c6ccccc65)ccc43)c2)cc1. The molecule has 13 rings (SSSR count). The Hall–Kier alpha value is -8.26. The van der Waals surface area contributed by atoms with Crippen molar-refractivity contribution < 1.29 is 0 Å². The highest BCUT2D eigenvalue weighted by molar-refractivity contribution is 6.10. The maximum absolute atomic E-state index is 2.41. The Balaban J connectivity index is 1.00. The van der Waals surface area contributed by atoms with Crippen LogP contribution in [0.15, 0.2) is 261 Å². The lowest BCUT2D eigenvalue weighted by Gasteiger charge is -2.50. The van der Waals surface area contributed by atoms with Crippen LogP contribution < -0.4 is 4.90 Å². The molecule has 1 nitrogen and oxygen atoms in total. The van der Waals surface area contributed by atoms with Gasteiger partial charge in [-0.25, -0.2) is 0 Å². The molecular weight excluding hydrogens is 783 g/mol. The van der Waals surface area contributed by atoms with Crippen molar-refractivity contribution in [3.8, 4) is 22.3 Å². The number of hydrogen-bond acceptors (Lipinski definition) is 1. The summed E-state index contributed by atoms with van der Waals surface area (Å²) in [5.41, 5.74) is 17.9. The maximum atomic E-state index is 2.41. The van der Waals surface area contributed by atoms with E-state index in [4.69, 9.17) is 0 Å². The lowest BCUT2D eigenvalue weighted by atomic mass is 9.51. The van der Waals surface area contributed by atoms with Crippen molar-refractivity contribution in [2.75, 3.05) is 4.90 Å². The Labute approximate surface area is 380 Å². The monoisotopic (exact) mass is 825 g/mol. The molecule has 0 radical (unpaired) electrons. The molecule has 2 aliphatic rings. The summed E-state index contributed by atoms with van der Waals surface area (Å²) >= 11 is 0. The number of anilines is 3. The Morgan fingerprint density at radius 3 is 1.26 bits per heavy atom. The molecule has 11 aromatic carbocycles. The lowest BCUT2D eigenvalue weighted by Crippen LogP contribution is -2.44. The second-order valence-corrected chi connectivity index (χ2v) is 17.5. The van der Waals surface area contributed by atoms with Gasteiger partial charge in [0.15, 0.2) is 0 Å². The summed E-state index contributed by atoms with van der Waals surface area (Å²) in [4.78, 5) is 2.33. The maximum Gasteiger partial charge on any atom is 0.0720 e. The third-order valence-electron chi connectivity index (χ3n) is 14.4. The Kier molecular flexibility index (Phi) is 8.41. The van der Waals surface area contributed by atoms with Crippen molar-refractivity contribution >= 4 is 38.6 Å². The van der Waals surface area contributed by atoms with Crippen LogP contribution in [0.2, 0.25) is 0 Å². The molecule has 0 saturated heterocycles. The van der Waals surface area contributed by atoms with Gasteiger partial charge in [-0.3, -0.25) is 0 Å². The number of fused-ring (bicyclic) bond motifs is 12. The minimum atomic E-state index is -0.541. The van der Waals surface area contributed by atoms with Gasteiger partial charge < -0.3 is 4.90 Å².